The summed E-state index contributed by atoms with van der Waals surface area (Å²) in [6, 6.07) is 0. The molecule has 16 heavy (non-hydrogen) atoms. The van der Waals surface area contributed by atoms with Gasteiger partial charge in [0.05, 0.1) is 0 Å². The number of allylic oxidation sites excluding steroid dienone is 1. The molecule has 94 valence electrons. The van der Waals surface area contributed by atoms with Crippen molar-refractivity contribution in [3.63, 3.8) is 0 Å². The van der Waals surface area contributed by atoms with Gasteiger partial charge >= 0.3 is 0 Å². The predicted octanol–water partition coefficient (Wildman–Crippen LogP) is 4.13. The van der Waals surface area contributed by atoms with E-state index in [2.05, 4.69) is 60.6 Å². The van der Waals surface area contributed by atoms with Crippen LogP contribution in [0.1, 0.15) is 61.3 Å². The summed E-state index contributed by atoms with van der Waals surface area (Å²) in [5.41, 5.74) is 7.08. The maximum absolute atomic E-state index is 6.29. The average Bonchev–Trinajstić information content (AvgIpc) is 2.60. The second kappa shape index (κ2) is 3.60. The Morgan fingerprint density at radius 1 is 1.19 bits per heavy atom. The number of nitrogens with two attached hydrogens (primary N) is 1. The smallest absolute Gasteiger partial charge is 0.0186 e. The van der Waals surface area contributed by atoms with Crippen LogP contribution in [0.15, 0.2) is 12.2 Å². The molecule has 0 radical (unpaired) electrons. The van der Waals surface area contributed by atoms with Crippen molar-refractivity contribution in [3.8, 4) is 0 Å². The van der Waals surface area contributed by atoms with Crippen LogP contribution in [0, 0.1) is 16.2 Å². The third kappa shape index (κ3) is 2.20. The Labute approximate surface area is 101 Å². The summed E-state index contributed by atoms with van der Waals surface area (Å²) in [6.45, 7) is 15.8. The fourth-order valence-electron chi connectivity index (χ4n) is 2.31. The highest BCUT2D eigenvalue weighted by Gasteiger charge is 2.55. The Morgan fingerprint density at radius 3 is 1.88 bits per heavy atom. The zero-order valence-corrected chi connectivity index (χ0v) is 12.1. The standard InChI is InChI=1S/C15H29N/c1-8-14(6,13(4,5)16)9-10-15(7)11-12(15,2)3/h9-10H,8,11,16H2,1-7H3/b10-9-. The molecule has 0 heterocycles. The minimum atomic E-state index is -0.159. The maximum Gasteiger partial charge on any atom is 0.0186 e. The molecule has 2 unspecified atom stereocenters. The summed E-state index contributed by atoms with van der Waals surface area (Å²) in [6.07, 6.45) is 7.15. The third-order valence-electron chi connectivity index (χ3n) is 5.26. The molecule has 1 aliphatic rings. The Morgan fingerprint density at radius 2 is 1.62 bits per heavy atom. The lowest BCUT2D eigenvalue weighted by atomic mass is 9.71. The van der Waals surface area contributed by atoms with E-state index in [0.29, 0.717) is 10.8 Å². The molecule has 0 aromatic carbocycles. The molecule has 0 saturated heterocycles. The van der Waals surface area contributed by atoms with E-state index in [0.717, 1.165) is 6.42 Å². The molecule has 0 aromatic rings. The number of rotatable bonds is 4. The SMILES string of the molecule is CCC(C)(/C=C\C1(C)CC1(C)C)C(C)(C)N. The Bertz CT molecular complexity index is 295. The molecule has 1 saturated carbocycles. The van der Waals surface area contributed by atoms with Crippen LogP contribution in [0.5, 0.6) is 0 Å². The van der Waals surface area contributed by atoms with Crippen LogP contribution in [0.25, 0.3) is 0 Å². The lowest BCUT2D eigenvalue weighted by molar-refractivity contribution is 0.233. The summed E-state index contributed by atoms with van der Waals surface area (Å²) in [7, 11) is 0. The van der Waals surface area contributed by atoms with Gasteiger partial charge in [0.15, 0.2) is 0 Å². The second-order valence-electron chi connectivity index (χ2n) is 7.30. The van der Waals surface area contributed by atoms with E-state index in [1.807, 2.05) is 0 Å². The van der Waals surface area contributed by atoms with Crippen molar-refractivity contribution in [1.29, 1.82) is 0 Å². The second-order valence-corrected chi connectivity index (χ2v) is 7.30. The zero-order valence-electron chi connectivity index (χ0n) is 12.1. The molecule has 1 rings (SSSR count). The highest BCUT2D eigenvalue weighted by atomic mass is 14.8. The van der Waals surface area contributed by atoms with E-state index in [1.165, 1.54) is 6.42 Å². The molecule has 0 aliphatic heterocycles. The van der Waals surface area contributed by atoms with Crippen molar-refractivity contribution in [1.82, 2.24) is 0 Å². The molecule has 0 bridgehead atoms. The van der Waals surface area contributed by atoms with Crippen LogP contribution in [0.4, 0.5) is 0 Å². The molecule has 1 fully saturated rings. The fourth-order valence-corrected chi connectivity index (χ4v) is 2.31. The van der Waals surface area contributed by atoms with Gasteiger partial charge in [-0.1, -0.05) is 46.8 Å². The van der Waals surface area contributed by atoms with Crippen molar-refractivity contribution >= 4 is 0 Å². The molecule has 2 N–H and O–H groups in total. The van der Waals surface area contributed by atoms with Gasteiger partial charge in [-0.2, -0.15) is 0 Å². The first-order valence-corrected chi connectivity index (χ1v) is 6.47. The summed E-state index contributed by atoms with van der Waals surface area (Å²) >= 11 is 0. The van der Waals surface area contributed by atoms with Gasteiger partial charge in [-0.15, -0.1) is 0 Å². The molecular weight excluding hydrogens is 194 g/mol. The van der Waals surface area contributed by atoms with Crippen molar-refractivity contribution in [3.05, 3.63) is 12.2 Å². The molecular formula is C15H29N. The topological polar surface area (TPSA) is 26.0 Å². The average molecular weight is 223 g/mol. The molecule has 0 aromatic heterocycles. The Hall–Kier alpha value is -0.300. The fraction of sp³-hybridized carbons (Fsp3) is 0.867. The van der Waals surface area contributed by atoms with Gasteiger partial charge in [-0.05, 0) is 37.5 Å². The van der Waals surface area contributed by atoms with E-state index < -0.39 is 0 Å². The molecule has 1 aliphatic carbocycles. The van der Waals surface area contributed by atoms with Crippen LogP contribution in [-0.2, 0) is 0 Å². The molecule has 0 amide bonds. The van der Waals surface area contributed by atoms with Gasteiger partial charge in [-0.3, -0.25) is 0 Å². The summed E-state index contributed by atoms with van der Waals surface area (Å²) in [5.74, 6) is 0. The highest BCUT2D eigenvalue weighted by Crippen LogP contribution is 2.64. The first-order valence-electron chi connectivity index (χ1n) is 6.47. The van der Waals surface area contributed by atoms with Gasteiger partial charge < -0.3 is 5.73 Å². The quantitative estimate of drug-likeness (QED) is 0.712. The Balaban J connectivity index is 2.84. The van der Waals surface area contributed by atoms with Crippen LogP contribution < -0.4 is 5.73 Å². The number of hydrogen-bond donors (Lipinski definition) is 1. The van der Waals surface area contributed by atoms with Crippen LogP contribution >= 0.6 is 0 Å². The lowest BCUT2D eigenvalue weighted by Crippen LogP contribution is -2.47. The van der Waals surface area contributed by atoms with Gasteiger partial charge in [-0.25, -0.2) is 0 Å². The molecule has 1 heteroatoms. The normalized spacial score (nSPS) is 32.8. The summed E-state index contributed by atoms with van der Waals surface area (Å²) in [5, 5.41) is 0. The van der Waals surface area contributed by atoms with E-state index in [9.17, 15) is 0 Å². The van der Waals surface area contributed by atoms with Gasteiger partial charge in [0.1, 0.15) is 0 Å². The Kier molecular flexibility index (Phi) is 3.09. The van der Waals surface area contributed by atoms with Gasteiger partial charge in [0.2, 0.25) is 0 Å². The van der Waals surface area contributed by atoms with Crippen molar-refractivity contribution in [2.45, 2.75) is 66.8 Å². The maximum atomic E-state index is 6.29. The highest BCUT2D eigenvalue weighted by molar-refractivity contribution is 5.21. The molecule has 1 nitrogen and oxygen atoms in total. The molecule has 2 atom stereocenters. The van der Waals surface area contributed by atoms with E-state index in [-0.39, 0.29) is 11.0 Å². The van der Waals surface area contributed by atoms with E-state index in [1.54, 1.807) is 0 Å². The van der Waals surface area contributed by atoms with Crippen LogP contribution in [0.2, 0.25) is 0 Å². The first kappa shape index (κ1) is 13.8. The van der Waals surface area contributed by atoms with E-state index >= 15 is 0 Å². The van der Waals surface area contributed by atoms with E-state index in [4.69, 9.17) is 5.73 Å². The lowest BCUT2D eigenvalue weighted by Gasteiger charge is -2.39. The molecule has 0 spiro atoms. The van der Waals surface area contributed by atoms with Crippen molar-refractivity contribution in [2.24, 2.45) is 22.0 Å². The minimum absolute atomic E-state index is 0.0919. The monoisotopic (exact) mass is 223 g/mol. The third-order valence-corrected chi connectivity index (χ3v) is 5.26. The van der Waals surface area contributed by atoms with Gasteiger partial charge in [0, 0.05) is 11.0 Å². The summed E-state index contributed by atoms with van der Waals surface area (Å²) in [4.78, 5) is 0. The van der Waals surface area contributed by atoms with Crippen molar-refractivity contribution < 1.29 is 0 Å². The zero-order chi connectivity index (χ0) is 12.8. The largest absolute Gasteiger partial charge is 0.325 e. The summed E-state index contributed by atoms with van der Waals surface area (Å²) < 4.78 is 0. The number of hydrogen-bond acceptors (Lipinski definition) is 1. The van der Waals surface area contributed by atoms with Gasteiger partial charge in [0.25, 0.3) is 0 Å². The van der Waals surface area contributed by atoms with Crippen LogP contribution in [0.3, 0.4) is 0 Å². The van der Waals surface area contributed by atoms with Crippen LogP contribution in [-0.4, -0.2) is 5.54 Å². The van der Waals surface area contributed by atoms with Crippen molar-refractivity contribution in [2.75, 3.05) is 0 Å². The first-order chi connectivity index (χ1) is 6.97. The predicted molar refractivity (Wildman–Crippen MR) is 72.3 cm³/mol. The minimum Gasteiger partial charge on any atom is -0.325 e.